The minimum Gasteiger partial charge on any atom is -0.478 e. The van der Waals surface area contributed by atoms with Gasteiger partial charge in [-0.3, -0.25) is 0 Å². The van der Waals surface area contributed by atoms with E-state index in [2.05, 4.69) is 31.9 Å². The van der Waals surface area contributed by atoms with Gasteiger partial charge in [-0.25, -0.2) is 9.18 Å². The topological polar surface area (TPSA) is 46.5 Å². The van der Waals surface area contributed by atoms with Gasteiger partial charge in [0.05, 0.1) is 5.56 Å². The first kappa shape index (κ1) is 14.0. The standard InChI is InChI=1S/C13H7Br2FO3/c14-7-1-4-11(16)12(5-7)19-8-2-3-9(13(17)18)10(15)6-8/h1-6H,(H,17,18). The van der Waals surface area contributed by atoms with E-state index < -0.39 is 11.8 Å². The van der Waals surface area contributed by atoms with E-state index in [1.807, 2.05) is 0 Å². The Kier molecular flexibility index (Phi) is 4.21. The van der Waals surface area contributed by atoms with Crippen LogP contribution in [0.25, 0.3) is 0 Å². The molecule has 98 valence electrons. The van der Waals surface area contributed by atoms with E-state index >= 15 is 0 Å². The number of carbonyl (C=O) groups is 1. The maximum atomic E-state index is 13.5. The average molecular weight is 390 g/mol. The summed E-state index contributed by atoms with van der Waals surface area (Å²) >= 11 is 6.35. The fraction of sp³-hybridized carbons (Fsp3) is 0. The first-order valence-electron chi connectivity index (χ1n) is 5.13. The predicted molar refractivity (Wildman–Crippen MR) is 75.3 cm³/mol. The van der Waals surface area contributed by atoms with Crippen LogP contribution in [0.4, 0.5) is 4.39 Å². The molecule has 0 atom stereocenters. The highest BCUT2D eigenvalue weighted by Crippen LogP contribution is 2.30. The lowest BCUT2D eigenvalue weighted by molar-refractivity contribution is 0.0696. The molecule has 0 saturated heterocycles. The molecule has 2 aromatic rings. The van der Waals surface area contributed by atoms with Gasteiger partial charge < -0.3 is 9.84 Å². The van der Waals surface area contributed by atoms with Gasteiger partial charge in [0.15, 0.2) is 11.6 Å². The number of hydrogen-bond donors (Lipinski definition) is 1. The second-order valence-electron chi connectivity index (χ2n) is 3.62. The third-order valence-electron chi connectivity index (χ3n) is 2.29. The van der Waals surface area contributed by atoms with Crippen LogP contribution in [0.2, 0.25) is 0 Å². The molecule has 0 amide bonds. The Morgan fingerprint density at radius 1 is 1.16 bits per heavy atom. The molecule has 1 N–H and O–H groups in total. The molecule has 0 aliphatic heterocycles. The van der Waals surface area contributed by atoms with Crippen molar-refractivity contribution in [2.24, 2.45) is 0 Å². The normalized spacial score (nSPS) is 10.3. The Morgan fingerprint density at radius 2 is 1.89 bits per heavy atom. The SMILES string of the molecule is O=C(O)c1ccc(Oc2cc(Br)ccc2F)cc1Br. The maximum absolute atomic E-state index is 13.5. The summed E-state index contributed by atoms with van der Waals surface area (Å²) in [7, 11) is 0. The van der Waals surface area contributed by atoms with Crippen LogP contribution in [0, 0.1) is 5.82 Å². The number of rotatable bonds is 3. The predicted octanol–water partition coefficient (Wildman–Crippen LogP) is 4.84. The van der Waals surface area contributed by atoms with Crippen LogP contribution in [0.3, 0.4) is 0 Å². The maximum Gasteiger partial charge on any atom is 0.336 e. The number of aromatic carboxylic acids is 1. The summed E-state index contributed by atoms with van der Waals surface area (Å²) in [5.41, 5.74) is 0.113. The first-order valence-corrected chi connectivity index (χ1v) is 6.71. The molecule has 2 rings (SSSR count). The lowest BCUT2D eigenvalue weighted by atomic mass is 10.2. The zero-order valence-electron chi connectivity index (χ0n) is 9.36. The largest absolute Gasteiger partial charge is 0.478 e. The molecule has 6 heteroatoms. The summed E-state index contributed by atoms with van der Waals surface area (Å²) in [6.07, 6.45) is 0. The smallest absolute Gasteiger partial charge is 0.336 e. The van der Waals surface area contributed by atoms with Gasteiger partial charge in [0.25, 0.3) is 0 Å². The Hall–Kier alpha value is -1.40. The first-order chi connectivity index (χ1) is 8.97. The van der Waals surface area contributed by atoms with E-state index in [1.54, 1.807) is 6.07 Å². The molecule has 0 radical (unpaired) electrons. The van der Waals surface area contributed by atoms with E-state index in [9.17, 15) is 9.18 Å². The second-order valence-corrected chi connectivity index (χ2v) is 5.39. The second kappa shape index (κ2) is 5.71. The van der Waals surface area contributed by atoms with Gasteiger partial charge in [-0.15, -0.1) is 0 Å². The van der Waals surface area contributed by atoms with Crippen molar-refractivity contribution in [3.8, 4) is 11.5 Å². The lowest BCUT2D eigenvalue weighted by Crippen LogP contribution is -1.97. The summed E-state index contributed by atoms with van der Waals surface area (Å²) in [5, 5.41) is 8.89. The lowest BCUT2D eigenvalue weighted by Gasteiger charge is -2.08. The number of hydrogen-bond acceptors (Lipinski definition) is 2. The Morgan fingerprint density at radius 3 is 2.53 bits per heavy atom. The van der Waals surface area contributed by atoms with Gasteiger partial charge in [0.1, 0.15) is 5.75 Å². The molecule has 0 spiro atoms. The average Bonchev–Trinajstić information content (AvgIpc) is 2.33. The van der Waals surface area contributed by atoms with Crippen molar-refractivity contribution in [2.75, 3.05) is 0 Å². The third kappa shape index (κ3) is 3.33. The summed E-state index contributed by atoms with van der Waals surface area (Å²) < 4.78 is 19.9. The quantitative estimate of drug-likeness (QED) is 0.816. The molecule has 0 aromatic heterocycles. The molecule has 0 unspecified atom stereocenters. The molecule has 0 aliphatic rings. The van der Waals surface area contributed by atoms with E-state index in [-0.39, 0.29) is 11.3 Å². The van der Waals surface area contributed by atoms with Crippen molar-refractivity contribution in [3.05, 3.63) is 56.7 Å². The monoisotopic (exact) mass is 388 g/mol. The summed E-state index contributed by atoms with van der Waals surface area (Å²) in [6, 6.07) is 8.66. The van der Waals surface area contributed by atoms with Gasteiger partial charge in [-0.2, -0.15) is 0 Å². The van der Waals surface area contributed by atoms with Gasteiger partial charge in [0.2, 0.25) is 0 Å². The molecule has 0 heterocycles. The Bertz CT molecular complexity index is 644. The van der Waals surface area contributed by atoms with E-state index in [0.717, 1.165) is 0 Å². The van der Waals surface area contributed by atoms with Crippen molar-refractivity contribution in [1.29, 1.82) is 0 Å². The molecule has 0 aliphatic carbocycles. The fourth-order valence-electron chi connectivity index (χ4n) is 1.42. The van der Waals surface area contributed by atoms with Crippen molar-refractivity contribution >= 4 is 37.8 Å². The van der Waals surface area contributed by atoms with Crippen LogP contribution in [0.1, 0.15) is 10.4 Å². The highest BCUT2D eigenvalue weighted by Gasteiger charge is 2.11. The zero-order valence-corrected chi connectivity index (χ0v) is 12.5. The van der Waals surface area contributed by atoms with Crippen LogP contribution in [0.15, 0.2) is 45.3 Å². The molecular formula is C13H7Br2FO3. The van der Waals surface area contributed by atoms with Crippen molar-refractivity contribution in [2.45, 2.75) is 0 Å². The van der Waals surface area contributed by atoms with Gasteiger partial charge in [-0.1, -0.05) is 15.9 Å². The van der Waals surface area contributed by atoms with E-state index in [4.69, 9.17) is 9.84 Å². The van der Waals surface area contributed by atoms with Crippen molar-refractivity contribution in [1.82, 2.24) is 0 Å². The Balaban J connectivity index is 2.31. The van der Waals surface area contributed by atoms with Crippen molar-refractivity contribution < 1.29 is 19.0 Å². The van der Waals surface area contributed by atoms with Crippen LogP contribution < -0.4 is 4.74 Å². The fourth-order valence-corrected chi connectivity index (χ4v) is 2.28. The Labute approximate surface area is 125 Å². The van der Waals surface area contributed by atoms with E-state index in [0.29, 0.717) is 14.7 Å². The van der Waals surface area contributed by atoms with Crippen LogP contribution >= 0.6 is 31.9 Å². The number of ether oxygens (including phenoxy) is 1. The number of carboxylic acids is 1. The third-order valence-corrected chi connectivity index (χ3v) is 3.44. The summed E-state index contributed by atoms with van der Waals surface area (Å²) in [4.78, 5) is 10.9. The molecule has 3 nitrogen and oxygen atoms in total. The molecule has 2 aromatic carbocycles. The molecular weight excluding hydrogens is 383 g/mol. The van der Waals surface area contributed by atoms with Gasteiger partial charge >= 0.3 is 5.97 Å². The minimum absolute atomic E-state index is 0.0596. The number of halogens is 3. The molecule has 0 fully saturated rings. The van der Waals surface area contributed by atoms with Crippen LogP contribution in [-0.2, 0) is 0 Å². The highest BCUT2D eigenvalue weighted by molar-refractivity contribution is 9.10. The molecule has 0 bridgehead atoms. The zero-order chi connectivity index (χ0) is 14.0. The molecule has 0 saturated carbocycles. The van der Waals surface area contributed by atoms with Gasteiger partial charge in [0, 0.05) is 8.95 Å². The van der Waals surface area contributed by atoms with Crippen LogP contribution in [0.5, 0.6) is 11.5 Å². The summed E-state index contributed by atoms with van der Waals surface area (Å²) in [6.45, 7) is 0. The van der Waals surface area contributed by atoms with E-state index in [1.165, 1.54) is 30.3 Å². The number of carboxylic acid groups (broad SMARTS) is 1. The highest BCUT2D eigenvalue weighted by atomic mass is 79.9. The number of benzene rings is 2. The summed E-state index contributed by atoms with van der Waals surface area (Å²) in [5.74, 6) is -1.15. The van der Waals surface area contributed by atoms with Gasteiger partial charge in [-0.05, 0) is 52.3 Å². The minimum atomic E-state index is -1.05. The van der Waals surface area contributed by atoms with Crippen molar-refractivity contribution in [3.63, 3.8) is 0 Å². The van der Waals surface area contributed by atoms with Crippen LogP contribution in [-0.4, -0.2) is 11.1 Å². The molecule has 19 heavy (non-hydrogen) atoms.